The minimum absolute atomic E-state index is 0.0318. The van der Waals surface area contributed by atoms with Gasteiger partial charge in [-0.1, -0.05) is 30.3 Å². The third-order valence-electron chi connectivity index (χ3n) is 3.24. The lowest BCUT2D eigenvalue weighted by molar-refractivity contribution is 0.103. The quantitative estimate of drug-likeness (QED) is 0.419. The highest BCUT2D eigenvalue weighted by atomic mass is 32.2. The van der Waals surface area contributed by atoms with Crippen LogP contribution in [0.3, 0.4) is 0 Å². The van der Waals surface area contributed by atoms with E-state index in [4.69, 9.17) is 9.47 Å². The van der Waals surface area contributed by atoms with Crippen molar-refractivity contribution in [2.24, 2.45) is 0 Å². The van der Waals surface area contributed by atoms with Crippen molar-refractivity contribution in [2.45, 2.75) is 4.90 Å². The van der Waals surface area contributed by atoms with E-state index in [-0.39, 0.29) is 5.56 Å². The van der Waals surface area contributed by atoms with Crippen molar-refractivity contribution in [3.63, 3.8) is 0 Å². The largest absolute Gasteiger partial charge is 0.504 e. The second-order valence-corrected chi connectivity index (χ2v) is 6.00. The maximum absolute atomic E-state index is 12.6. The average Bonchev–Trinajstić information content (AvgIpc) is 2.55. The Labute approximate surface area is 137 Å². The number of phenolic OH excluding ortho intramolecular Hbond substituents is 2. The minimum atomic E-state index is -5.00. The fraction of sp³-hybridized carbons (Fsp3) is 0.133. The second-order valence-electron chi connectivity index (χ2n) is 4.64. The molecule has 3 N–H and O–H groups in total. The normalized spacial score (nSPS) is 11.1. The third-order valence-corrected chi connectivity index (χ3v) is 4.15. The van der Waals surface area contributed by atoms with Crippen molar-refractivity contribution >= 4 is 15.9 Å². The molecule has 0 saturated heterocycles. The molecule has 0 aromatic heterocycles. The van der Waals surface area contributed by atoms with Gasteiger partial charge in [-0.05, 0) is 0 Å². The molecule has 0 spiro atoms. The van der Waals surface area contributed by atoms with Gasteiger partial charge in [0.1, 0.15) is 0 Å². The summed E-state index contributed by atoms with van der Waals surface area (Å²) in [4.78, 5) is 11.6. The molecule has 2 aromatic carbocycles. The lowest BCUT2D eigenvalue weighted by Crippen LogP contribution is -2.13. The number of carbonyl (C=O) groups excluding carboxylic acids is 1. The van der Waals surface area contributed by atoms with Gasteiger partial charge in [-0.2, -0.15) is 8.42 Å². The monoisotopic (exact) mass is 354 g/mol. The van der Waals surface area contributed by atoms with Crippen molar-refractivity contribution in [1.82, 2.24) is 0 Å². The lowest BCUT2D eigenvalue weighted by atomic mass is 10.0. The molecule has 0 atom stereocenters. The van der Waals surface area contributed by atoms with E-state index < -0.39 is 49.4 Å². The Bertz CT molecular complexity index is 888. The highest BCUT2D eigenvalue weighted by molar-refractivity contribution is 7.86. The molecule has 2 aromatic rings. The minimum Gasteiger partial charge on any atom is -0.504 e. The van der Waals surface area contributed by atoms with Crippen LogP contribution in [-0.4, -0.2) is 43.2 Å². The van der Waals surface area contributed by atoms with Crippen molar-refractivity contribution in [1.29, 1.82) is 0 Å². The third kappa shape index (κ3) is 2.86. The van der Waals surface area contributed by atoms with E-state index in [1.807, 2.05) is 0 Å². The molecule has 0 fully saturated rings. The highest BCUT2D eigenvalue weighted by Crippen LogP contribution is 2.50. The van der Waals surface area contributed by atoms with Crippen LogP contribution in [0.25, 0.3) is 0 Å². The van der Waals surface area contributed by atoms with Gasteiger partial charge in [0.25, 0.3) is 10.1 Å². The van der Waals surface area contributed by atoms with E-state index >= 15 is 0 Å². The SMILES string of the molecule is COc1c(O)c(O)c(C(=O)c2ccccc2)c(S(=O)(=O)O)c1OC. The number of benzene rings is 2. The molecule has 8 nitrogen and oxygen atoms in total. The standard InChI is InChI=1S/C15H14O8S/c1-22-13-12(18)11(17)9(10(16)8-6-4-3-5-7-8)15(14(13)23-2)24(19,20)21/h3-7,17-18H,1-2H3,(H,19,20,21). The Hall–Kier alpha value is -2.78. The second kappa shape index (κ2) is 6.38. The molecule has 0 aliphatic carbocycles. The predicted octanol–water partition coefficient (Wildman–Crippen LogP) is 1.59. The molecule has 0 unspecified atom stereocenters. The fourth-order valence-corrected chi connectivity index (χ4v) is 3.08. The summed E-state index contributed by atoms with van der Waals surface area (Å²) >= 11 is 0. The zero-order chi connectivity index (χ0) is 18.1. The topological polar surface area (TPSA) is 130 Å². The van der Waals surface area contributed by atoms with E-state index in [9.17, 15) is 28.0 Å². The maximum atomic E-state index is 12.6. The van der Waals surface area contributed by atoms with E-state index in [1.54, 1.807) is 6.07 Å². The Balaban J connectivity index is 2.95. The van der Waals surface area contributed by atoms with Crippen LogP contribution in [0, 0.1) is 0 Å². The molecule has 24 heavy (non-hydrogen) atoms. The molecule has 0 saturated carbocycles. The number of aromatic hydroxyl groups is 2. The summed E-state index contributed by atoms with van der Waals surface area (Å²) < 4.78 is 42.7. The van der Waals surface area contributed by atoms with Gasteiger partial charge in [0, 0.05) is 5.56 Å². The smallest absolute Gasteiger partial charge is 0.299 e. The van der Waals surface area contributed by atoms with Crippen LogP contribution in [0.1, 0.15) is 15.9 Å². The molecule has 0 radical (unpaired) electrons. The number of phenols is 2. The first-order chi connectivity index (χ1) is 11.2. The van der Waals surface area contributed by atoms with Gasteiger partial charge < -0.3 is 19.7 Å². The van der Waals surface area contributed by atoms with Gasteiger partial charge in [0.05, 0.1) is 19.8 Å². The average molecular weight is 354 g/mol. The Morgan fingerprint density at radius 2 is 1.50 bits per heavy atom. The van der Waals surface area contributed by atoms with Crippen LogP contribution in [0.4, 0.5) is 0 Å². The van der Waals surface area contributed by atoms with E-state index in [1.165, 1.54) is 24.3 Å². The molecule has 0 bridgehead atoms. The summed E-state index contributed by atoms with van der Waals surface area (Å²) in [6.07, 6.45) is 0. The zero-order valence-electron chi connectivity index (χ0n) is 12.7. The first-order valence-electron chi connectivity index (χ1n) is 6.51. The molecule has 128 valence electrons. The number of rotatable bonds is 5. The van der Waals surface area contributed by atoms with Crippen molar-refractivity contribution in [2.75, 3.05) is 14.2 Å². The van der Waals surface area contributed by atoms with Crippen molar-refractivity contribution in [3.8, 4) is 23.0 Å². The maximum Gasteiger partial charge on any atom is 0.299 e. The number of carbonyl (C=O) groups is 1. The number of methoxy groups -OCH3 is 2. The van der Waals surface area contributed by atoms with Crippen molar-refractivity contribution in [3.05, 3.63) is 41.5 Å². The van der Waals surface area contributed by atoms with Crippen LogP contribution in [-0.2, 0) is 10.1 Å². The Morgan fingerprint density at radius 1 is 0.958 bits per heavy atom. The van der Waals surface area contributed by atoms with Crippen LogP contribution in [0.2, 0.25) is 0 Å². The first kappa shape index (κ1) is 17.6. The van der Waals surface area contributed by atoms with Crippen LogP contribution in [0.15, 0.2) is 35.2 Å². The Morgan fingerprint density at radius 3 is 1.96 bits per heavy atom. The predicted molar refractivity (Wildman–Crippen MR) is 82.6 cm³/mol. The summed E-state index contributed by atoms with van der Waals surface area (Å²) in [5, 5.41) is 20.1. The van der Waals surface area contributed by atoms with Crippen molar-refractivity contribution < 1.29 is 37.5 Å². The first-order valence-corrected chi connectivity index (χ1v) is 7.95. The molecule has 0 aliphatic rings. The van der Waals surface area contributed by atoms with Gasteiger partial charge in [-0.15, -0.1) is 0 Å². The van der Waals surface area contributed by atoms with E-state index in [0.717, 1.165) is 14.2 Å². The van der Waals surface area contributed by atoms with Crippen LogP contribution >= 0.6 is 0 Å². The summed E-state index contributed by atoms with van der Waals surface area (Å²) in [7, 11) is -2.86. The fourth-order valence-electron chi connectivity index (χ4n) is 2.22. The molecule has 0 amide bonds. The number of hydrogen-bond acceptors (Lipinski definition) is 7. The lowest BCUT2D eigenvalue weighted by Gasteiger charge is -2.17. The van der Waals surface area contributed by atoms with E-state index in [0.29, 0.717) is 0 Å². The molecular weight excluding hydrogens is 340 g/mol. The summed E-state index contributed by atoms with van der Waals surface area (Å²) in [5.74, 6) is -4.01. The Kier molecular flexibility index (Phi) is 4.67. The summed E-state index contributed by atoms with van der Waals surface area (Å²) in [5.41, 5.74) is -0.789. The number of ether oxygens (including phenoxy) is 2. The van der Waals surface area contributed by atoms with E-state index in [2.05, 4.69) is 0 Å². The highest BCUT2D eigenvalue weighted by Gasteiger charge is 2.35. The zero-order valence-corrected chi connectivity index (χ0v) is 13.5. The van der Waals surface area contributed by atoms with Crippen LogP contribution < -0.4 is 9.47 Å². The summed E-state index contributed by atoms with van der Waals surface area (Å²) in [6.45, 7) is 0. The molecule has 9 heteroatoms. The molecular formula is C15H14O8S. The summed E-state index contributed by atoms with van der Waals surface area (Å²) in [6, 6.07) is 7.44. The van der Waals surface area contributed by atoms with Gasteiger partial charge in [-0.3, -0.25) is 9.35 Å². The van der Waals surface area contributed by atoms with Gasteiger partial charge >= 0.3 is 0 Å². The van der Waals surface area contributed by atoms with Gasteiger partial charge in [0.15, 0.2) is 22.2 Å². The van der Waals surface area contributed by atoms with Gasteiger partial charge in [0.2, 0.25) is 11.5 Å². The van der Waals surface area contributed by atoms with Gasteiger partial charge in [-0.25, -0.2) is 0 Å². The molecule has 0 aliphatic heterocycles. The van der Waals surface area contributed by atoms with Crippen LogP contribution in [0.5, 0.6) is 23.0 Å². The number of hydrogen-bond donors (Lipinski definition) is 3. The molecule has 0 heterocycles. The number of ketones is 1. The molecule has 2 rings (SSSR count).